The molecule has 0 bridgehead atoms. The molecule has 76 valence electrons. The van der Waals surface area contributed by atoms with Gasteiger partial charge >= 0.3 is 0 Å². The quantitative estimate of drug-likeness (QED) is 0.784. The maximum atomic E-state index is 8.96. The summed E-state index contributed by atoms with van der Waals surface area (Å²) < 4.78 is 1.55. The molecule has 15 heavy (non-hydrogen) atoms. The zero-order chi connectivity index (χ0) is 10.8. The van der Waals surface area contributed by atoms with Crippen molar-refractivity contribution in [3.63, 3.8) is 0 Å². The van der Waals surface area contributed by atoms with Crippen LogP contribution in [0.3, 0.4) is 0 Å². The van der Waals surface area contributed by atoms with E-state index in [9.17, 15) is 0 Å². The minimum atomic E-state index is 0.358. The van der Waals surface area contributed by atoms with Gasteiger partial charge in [-0.25, -0.2) is 0 Å². The SMILES string of the molecule is N#CCCn1nc(C2CC2)c(C#N)c1Cl. The molecular formula is C10H9ClN4. The van der Waals surface area contributed by atoms with Gasteiger partial charge in [0.25, 0.3) is 0 Å². The van der Waals surface area contributed by atoms with Crippen molar-refractivity contribution in [2.75, 3.05) is 0 Å². The lowest BCUT2D eigenvalue weighted by atomic mass is 10.2. The first-order valence-electron chi connectivity index (χ1n) is 4.81. The Balaban J connectivity index is 2.33. The average Bonchev–Trinajstić information content (AvgIpc) is 3.02. The smallest absolute Gasteiger partial charge is 0.145 e. The molecule has 1 aromatic heterocycles. The Bertz CT molecular complexity index is 459. The molecule has 1 heterocycles. The van der Waals surface area contributed by atoms with E-state index in [1.54, 1.807) is 4.68 Å². The molecule has 0 aromatic carbocycles. The molecule has 1 fully saturated rings. The summed E-state index contributed by atoms with van der Waals surface area (Å²) in [4.78, 5) is 0. The summed E-state index contributed by atoms with van der Waals surface area (Å²) in [6, 6.07) is 4.12. The van der Waals surface area contributed by atoms with Crippen LogP contribution in [-0.4, -0.2) is 9.78 Å². The number of aromatic nitrogens is 2. The van der Waals surface area contributed by atoms with Gasteiger partial charge < -0.3 is 0 Å². The van der Waals surface area contributed by atoms with Gasteiger partial charge in [-0.05, 0) is 12.8 Å². The molecule has 0 N–H and O–H groups in total. The van der Waals surface area contributed by atoms with Crippen LogP contribution in [0.15, 0.2) is 0 Å². The van der Waals surface area contributed by atoms with E-state index in [0.717, 1.165) is 18.5 Å². The number of rotatable bonds is 3. The van der Waals surface area contributed by atoms with E-state index in [-0.39, 0.29) is 0 Å². The molecule has 1 aliphatic rings. The number of hydrogen-bond acceptors (Lipinski definition) is 3. The molecule has 1 saturated carbocycles. The topological polar surface area (TPSA) is 65.4 Å². The third kappa shape index (κ3) is 1.82. The lowest BCUT2D eigenvalue weighted by Crippen LogP contribution is -1.99. The van der Waals surface area contributed by atoms with Crippen molar-refractivity contribution < 1.29 is 0 Å². The summed E-state index contributed by atoms with van der Waals surface area (Å²) >= 11 is 6.01. The van der Waals surface area contributed by atoms with E-state index in [0.29, 0.717) is 29.6 Å². The van der Waals surface area contributed by atoms with Crippen LogP contribution in [0.2, 0.25) is 5.15 Å². The second kappa shape index (κ2) is 3.92. The van der Waals surface area contributed by atoms with Crippen LogP contribution < -0.4 is 0 Å². The Morgan fingerprint density at radius 1 is 1.47 bits per heavy atom. The summed E-state index contributed by atoms with van der Waals surface area (Å²) in [7, 11) is 0. The van der Waals surface area contributed by atoms with Gasteiger partial charge in [-0.2, -0.15) is 15.6 Å². The molecule has 0 aliphatic heterocycles. The Kier molecular flexibility index (Phi) is 2.62. The average molecular weight is 221 g/mol. The molecule has 1 aliphatic carbocycles. The van der Waals surface area contributed by atoms with Crippen molar-refractivity contribution in [1.29, 1.82) is 10.5 Å². The molecule has 1 aromatic rings. The summed E-state index contributed by atoms with van der Waals surface area (Å²) in [6.07, 6.45) is 2.52. The zero-order valence-electron chi connectivity index (χ0n) is 8.07. The molecule has 5 heteroatoms. The zero-order valence-corrected chi connectivity index (χ0v) is 8.83. The predicted octanol–water partition coefficient (Wildman–Crippen LogP) is 2.20. The molecule has 2 rings (SSSR count). The van der Waals surface area contributed by atoms with Gasteiger partial charge in [-0.3, -0.25) is 4.68 Å². The van der Waals surface area contributed by atoms with Crippen LogP contribution in [-0.2, 0) is 6.54 Å². The molecule has 0 saturated heterocycles. The third-order valence-corrected chi connectivity index (χ3v) is 2.81. The lowest BCUT2D eigenvalue weighted by molar-refractivity contribution is 0.618. The van der Waals surface area contributed by atoms with E-state index in [1.165, 1.54) is 0 Å². The number of nitrogens with zero attached hydrogens (tertiary/aromatic N) is 4. The first kappa shape index (κ1) is 10.0. The van der Waals surface area contributed by atoms with E-state index in [1.807, 2.05) is 6.07 Å². The van der Waals surface area contributed by atoms with Crippen molar-refractivity contribution in [2.45, 2.75) is 31.7 Å². The van der Waals surface area contributed by atoms with Crippen molar-refractivity contribution >= 4 is 11.6 Å². The molecule has 4 nitrogen and oxygen atoms in total. The fraction of sp³-hybridized carbons (Fsp3) is 0.500. The van der Waals surface area contributed by atoms with Crippen LogP contribution >= 0.6 is 11.6 Å². The van der Waals surface area contributed by atoms with Crippen LogP contribution in [0.1, 0.15) is 36.4 Å². The van der Waals surface area contributed by atoms with Crippen molar-refractivity contribution in [3.8, 4) is 12.1 Å². The van der Waals surface area contributed by atoms with E-state index in [2.05, 4.69) is 11.2 Å². The highest BCUT2D eigenvalue weighted by Gasteiger charge is 2.31. The van der Waals surface area contributed by atoms with Crippen molar-refractivity contribution in [3.05, 3.63) is 16.4 Å². The maximum absolute atomic E-state index is 8.96. The monoisotopic (exact) mass is 220 g/mol. The maximum Gasteiger partial charge on any atom is 0.145 e. The van der Waals surface area contributed by atoms with Crippen LogP contribution in [0.4, 0.5) is 0 Å². The Morgan fingerprint density at radius 3 is 2.73 bits per heavy atom. The largest absolute Gasteiger partial charge is 0.251 e. The Hall–Kier alpha value is -1.52. The number of hydrogen-bond donors (Lipinski definition) is 0. The summed E-state index contributed by atoms with van der Waals surface area (Å²) in [5.74, 6) is 0.403. The van der Waals surface area contributed by atoms with Gasteiger partial charge in [0.1, 0.15) is 16.8 Å². The summed E-state index contributed by atoms with van der Waals surface area (Å²) in [6.45, 7) is 0.455. The fourth-order valence-corrected chi connectivity index (χ4v) is 1.77. The molecule has 0 unspecified atom stereocenters. The van der Waals surface area contributed by atoms with Crippen LogP contribution in [0.25, 0.3) is 0 Å². The summed E-state index contributed by atoms with van der Waals surface area (Å²) in [5.41, 5.74) is 1.29. The molecule has 0 amide bonds. The minimum Gasteiger partial charge on any atom is -0.251 e. The van der Waals surface area contributed by atoms with Gasteiger partial charge in [0, 0.05) is 5.92 Å². The van der Waals surface area contributed by atoms with E-state index in [4.69, 9.17) is 22.1 Å². The third-order valence-electron chi connectivity index (χ3n) is 2.43. The molecular weight excluding hydrogens is 212 g/mol. The number of aryl methyl sites for hydroxylation is 1. The fourth-order valence-electron chi connectivity index (χ4n) is 1.51. The van der Waals surface area contributed by atoms with E-state index >= 15 is 0 Å². The highest BCUT2D eigenvalue weighted by Crippen LogP contribution is 2.42. The molecule has 0 atom stereocenters. The first-order valence-corrected chi connectivity index (χ1v) is 5.19. The van der Waals surface area contributed by atoms with Gasteiger partial charge in [0.15, 0.2) is 0 Å². The Labute approximate surface area is 92.7 Å². The van der Waals surface area contributed by atoms with E-state index < -0.39 is 0 Å². The lowest BCUT2D eigenvalue weighted by Gasteiger charge is -1.96. The van der Waals surface area contributed by atoms with Gasteiger partial charge in [-0.1, -0.05) is 11.6 Å². The van der Waals surface area contributed by atoms with Gasteiger partial charge in [0.2, 0.25) is 0 Å². The van der Waals surface area contributed by atoms with Crippen LogP contribution in [0.5, 0.6) is 0 Å². The summed E-state index contributed by atoms with van der Waals surface area (Å²) in [5, 5.41) is 22.1. The highest BCUT2D eigenvalue weighted by molar-refractivity contribution is 6.30. The highest BCUT2D eigenvalue weighted by atomic mass is 35.5. The number of halogens is 1. The Morgan fingerprint density at radius 2 is 2.20 bits per heavy atom. The molecule has 0 radical (unpaired) electrons. The second-order valence-corrected chi connectivity index (χ2v) is 3.93. The second-order valence-electron chi connectivity index (χ2n) is 3.57. The van der Waals surface area contributed by atoms with Gasteiger partial charge in [-0.15, -0.1) is 0 Å². The van der Waals surface area contributed by atoms with Gasteiger partial charge in [0.05, 0.1) is 24.7 Å². The molecule has 0 spiro atoms. The van der Waals surface area contributed by atoms with Crippen LogP contribution in [0, 0.1) is 22.7 Å². The predicted molar refractivity (Wildman–Crippen MR) is 54.2 cm³/mol. The standard InChI is InChI=1S/C10H9ClN4/c11-10-8(6-13)9(7-2-3-7)14-15(10)5-1-4-12/h7H,1-3,5H2. The van der Waals surface area contributed by atoms with Crippen molar-refractivity contribution in [1.82, 2.24) is 9.78 Å². The first-order chi connectivity index (χ1) is 7.27. The number of nitriles is 2. The minimum absolute atomic E-state index is 0.358. The normalized spacial score (nSPS) is 14.6. The van der Waals surface area contributed by atoms with Crippen molar-refractivity contribution in [2.24, 2.45) is 0 Å².